The average Bonchev–Trinajstić information content (AvgIpc) is 2.64. The normalized spacial score (nSPS) is 9.92. The quantitative estimate of drug-likeness (QED) is 0.695. The summed E-state index contributed by atoms with van der Waals surface area (Å²) in [6.45, 7) is 0. The van der Waals surface area contributed by atoms with Gasteiger partial charge in [0.1, 0.15) is 0 Å². The number of halogens is 1. The molecule has 0 saturated heterocycles. The van der Waals surface area contributed by atoms with Crippen LogP contribution in [0.5, 0.6) is 0 Å². The van der Waals surface area contributed by atoms with Crippen LogP contribution in [-0.4, -0.2) is 15.9 Å². The minimum Gasteiger partial charge on any atom is -0.324 e. The van der Waals surface area contributed by atoms with Gasteiger partial charge in [-0.3, -0.25) is 4.79 Å². The molecule has 2 aromatic carbocycles. The van der Waals surface area contributed by atoms with Crippen LogP contribution in [0.25, 0.3) is 0 Å². The molecule has 0 aliphatic heterocycles. The molecule has 6 nitrogen and oxygen atoms in total. The van der Waals surface area contributed by atoms with Gasteiger partial charge in [0.05, 0.1) is 17.2 Å². The number of hydrogen-bond donors (Lipinski definition) is 2. The minimum absolute atomic E-state index is 0.323. The molecule has 0 saturated carbocycles. The van der Waals surface area contributed by atoms with Gasteiger partial charge in [0.2, 0.25) is 5.95 Å². The number of amides is 1. The van der Waals surface area contributed by atoms with E-state index in [-0.39, 0.29) is 5.91 Å². The highest BCUT2D eigenvalue weighted by atomic mass is 79.9. The third-order valence-electron chi connectivity index (χ3n) is 3.26. The molecule has 0 aliphatic rings. The first kappa shape index (κ1) is 16.6. The van der Waals surface area contributed by atoms with Gasteiger partial charge in [-0.15, -0.1) is 0 Å². The number of aromatic nitrogens is 2. The molecule has 3 aromatic rings. The lowest BCUT2D eigenvalue weighted by Gasteiger charge is -2.07. The van der Waals surface area contributed by atoms with Crippen molar-refractivity contribution in [3.8, 4) is 6.07 Å². The molecule has 25 heavy (non-hydrogen) atoms. The Hall–Kier alpha value is -3.24. The van der Waals surface area contributed by atoms with Crippen molar-refractivity contribution < 1.29 is 4.79 Å². The van der Waals surface area contributed by atoms with Gasteiger partial charge in [0.15, 0.2) is 0 Å². The fraction of sp³-hybridized carbons (Fsp3) is 0. The Bertz CT molecular complexity index is 933. The lowest BCUT2D eigenvalue weighted by molar-refractivity contribution is 0.102. The van der Waals surface area contributed by atoms with E-state index < -0.39 is 0 Å². The minimum atomic E-state index is -0.342. The Morgan fingerprint density at radius 3 is 2.44 bits per heavy atom. The molecule has 0 bridgehead atoms. The standard InChI is InChI=1S/C18H12BrN5O/c19-14-4-6-15(7-5-14)24-18-21-10-13(11-22-18)17(25)23-16-3-1-2-12(8-16)9-20/h1-8,10-11H,(H,23,25)(H,21,22,24). The molecule has 1 heterocycles. The van der Waals surface area contributed by atoms with E-state index in [0.29, 0.717) is 22.8 Å². The van der Waals surface area contributed by atoms with E-state index in [4.69, 9.17) is 5.26 Å². The van der Waals surface area contributed by atoms with Crippen LogP contribution in [0.2, 0.25) is 0 Å². The van der Waals surface area contributed by atoms with Crippen LogP contribution in [0.15, 0.2) is 65.4 Å². The summed E-state index contributed by atoms with van der Waals surface area (Å²) in [5.74, 6) is 0.0515. The zero-order valence-electron chi connectivity index (χ0n) is 12.9. The lowest BCUT2D eigenvalue weighted by atomic mass is 10.2. The summed E-state index contributed by atoms with van der Waals surface area (Å²) >= 11 is 3.37. The van der Waals surface area contributed by atoms with Crippen molar-refractivity contribution in [3.63, 3.8) is 0 Å². The van der Waals surface area contributed by atoms with E-state index in [9.17, 15) is 4.79 Å². The topological polar surface area (TPSA) is 90.7 Å². The van der Waals surface area contributed by atoms with E-state index in [2.05, 4.69) is 36.5 Å². The number of carbonyl (C=O) groups is 1. The second kappa shape index (κ2) is 7.55. The van der Waals surface area contributed by atoms with Crippen molar-refractivity contribution in [2.45, 2.75) is 0 Å². The van der Waals surface area contributed by atoms with Crippen molar-refractivity contribution in [1.29, 1.82) is 5.26 Å². The number of hydrogen-bond acceptors (Lipinski definition) is 5. The largest absolute Gasteiger partial charge is 0.324 e. The Morgan fingerprint density at radius 2 is 1.76 bits per heavy atom. The number of benzene rings is 2. The second-order valence-corrected chi connectivity index (χ2v) is 5.99. The number of rotatable bonds is 4. The van der Waals surface area contributed by atoms with Gasteiger partial charge < -0.3 is 10.6 Å². The van der Waals surface area contributed by atoms with Gasteiger partial charge in [-0.05, 0) is 42.5 Å². The third kappa shape index (κ3) is 4.40. The summed E-state index contributed by atoms with van der Waals surface area (Å²) in [5, 5.41) is 14.7. The Kier molecular flexibility index (Phi) is 5.02. The Balaban J connectivity index is 1.68. The fourth-order valence-corrected chi connectivity index (χ4v) is 2.31. The molecule has 0 aliphatic carbocycles. The molecule has 0 unspecified atom stereocenters. The van der Waals surface area contributed by atoms with Gasteiger partial charge in [0.25, 0.3) is 5.91 Å². The molecule has 0 fully saturated rings. The van der Waals surface area contributed by atoms with Crippen molar-refractivity contribution in [3.05, 3.63) is 76.5 Å². The molecule has 122 valence electrons. The number of anilines is 3. The highest BCUT2D eigenvalue weighted by Crippen LogP contribution is 2.17. The predicted octanol–water partition coefficient (Wildman–Crippen LogP) is 4.11. The molecule has 1 amide bonds. The van der Waals surface area contributed by atoms with Crippen LogP contribution < -0.4 is 10.6 Å². The molecule has 3 rings (SSSR count). The summed E-state index contributed by atoms with van der Waals surface area (Å²) in [6.07, 6.45) is 2.88. The highest BCUT2D eigenvalue weighted by molar-refractivity contribution is 9.10. The number of carbonyl (C=O) groups excluding carboxylic acids is 1. The molecule has 1 aromatic heterocycles. The number of nitrogens with one attached hydrogen (secondary N) is 2. The average molecular weight is 394 g/mol. The van der Waals surface area contributed by atoms with Crippen molar-refractivity contribution >= 4 is 39.2 Å². The van der Waals surface area contributed by atoms with Crippen LogP contribution in [0.4, 0.5) is 17.3 Å². The summed E-state index contributed by atoms with van der Waals surface area (Å²) in [6, 6.07) is 16.3. The molecule has 7 heteroatoms. The zero-order valence-corrected chi connectivity index (χ0v) is 14.5. The maximum absolute atomic E-state index is 12.2. The molecule has 0 radical (unpaired) electrons. The third-order valence-corrected chi connectivity index (χ3v) is 3.79. The predicted molar refractivity (Wildman–Crippen MR) is 98.6 cm³/mol. The fourth-order valence-electron chi connectivity index (χ4n) is 2.04. The summed E-state index contributed by atoms with van der Waals surface area (Å²) < 4.78 is 0.978. The monoisotopic (exact) mass is 393 g/mol. The zero-order chi connectivity index (χ0) is 17.6. The molecular weight excluding hydrogens is 382 g/mol. The van der Waals surface area contributed by atoms with Crippen LogP contribution in [0, 0.1) is 11.3 Å². The van der Waals surface area contributed by atoms with Gasteiger partial charge in [-0.2, -0.15) is 5.26 Å². The van der Waals surface area contributed by atoms with E-state index >= 15 is 0 Å². The van der Waals surface area contributed by atoms with Gasteiger partial charge in [-0.25, -0.2) is 9.97 Å². The van der Waals surface area contributed by atoms with Crippen LogP contribution in [0.1, 0.15) is 15.9 Å². The van der Waals surface area contributed by atoms with Gasteiger partial charge >= 0.3 is 0 Å². The van der Waals surface area contributed by atoms with Crippen molar-refractivity contribution in [1.82, 2.24) is 9.97 Å². The molecule has 0 spiro atoms. The smallest absolute Gasteiger partial charge is 0.258 e. The Morgan fingerprint density at radius 1 is 1.04 bits per heavy atom. The van der Waals surface area contributed by atoms with Crippen LogP contribution >= 0.6 is 15.9 Å². The maximum Gasteiger partial charge on any atom is 0.258 e. The molecule has 0 atom stereocenters. The SMILES string of the molecule is N#Cc1cccc(NC(=O)c2cnc(Nc3ccc(Br)cc3)nc2)c1. The summed E-state index contributed by atoms with van der Waals surface area (Å²) in [5.41, 5.74) is 2.18. The lowest BCUT2D eigenvalue weighted by Crippen LogP contribution is -2.13. The van der Waals surface area contributed by atoms with E-state index in [1.165, 1.54) is 12.4 Å². The van der Waals surface area contributed by atoms with Crippen molar-refractivity contribution in [2.75, 3.05) is 10.6 Å². The van der Waals surface area contributed by atoms with Gasteiger partial charge in [-0.1, -0.05) is 22.0 Å². The Labute approximate surface area is 152 Å². The van der Waals surface area contributed by atoms with Crippen LogP contribution in [0.3, 0.4) is 0 Å². The molecule has 2 N–H and O–H groups in total. The summed E-state index contributed by atoms with van der Waals surface area (Å²) in [7, 11) is 0. The van der Waals surface area contributed by atoms with E-state index in [1.54, 1.807) is 24.3 Å². The first-order valence-electron chi connectivity index (χ1n) is 7.30. The first-order chi connectivity index (χ1) is 12.1. The van der Waals surface area contributed by atoms with E-state index in [1.807, 2.05) is 30.3 Å². The van der Waals surface area contributed by atoms with Crippen molar-refractivity contribution in [2.24, 2.45) is 0 Å². The van der Waals surface area contributed by atoms with Crippen LogP contribution in [-0.2, 0) is 0 Å². The van der Waals surface area contributed by atoms with E-state index in [0.717, 1.165) is 10.2 Å². The highest BCUT2D eigenvalue weighted by Gasteiger charge is 2.08. The summed E-state index contributed by atoms with van der Waals surface area (Å²) in [4.78, 5) is 20.5. The van der Waals surface area contributed by atoms with Gasteiger partial charge in [0, 0.05) is 28.2 Å². The first-order valence-corrected chi connectivity index (χ1v) is 8.09. The number of nitrogens with zero attached hydrogens (tertiary/aromatic N) is 3. The molecular formula is C18H12BrN5O. The number of nitriles is 1. The second-order valence-electron chi connectivity index (χ2n) is 5.07. The maximum atomic E-state index is 12.2.